The van der Waals surface area contributed by atoms with Crippen LogP contribution in [0, 0.1) is 0 Å². The largest absolute Gasteiger partial charge is 0.351 e. The molecule has 8 heteroatoms. The maximum atomic E-state index is 14.0. The summed E-state index contributed by atoms with van der Waals surface area (Å²) in [7, 11) is 0. The number of nitrogens with zero attached hydrogens (tertiary/aromatic N) is 3. The van der Waals surface area contributed by atoms with Gasteiger partial charge in [0.15, 0.2) is 0 Å². The fourth-order valence-electron chi connectivity index (χ4n) is 4.83. The van der Waals surface area contributed by atoms with E-state index in [1.165, 1.54) is 36.8 Å². The third kappa shape index (κ3) is 6.62. The quantitative estimate of drug-likeness (QED) is 0.420. The molecule has 0 saturated heterocycles. The van der Waals surface area contributed by atoms with E-state index in [1.807, 2.05) is 24.3 Å². The molecular formula is C30H35N5O3. The summed E-state index contributed by atoms with van der Waals surface area (Å²) < 4.78 is 0. The van der Waals surface area contributed by atoms with E-state index in [0.29, 0.717) is 22.9 Å². The summed E-state index contributed by atoms with van der Waals surface area (Å²) in [5.41, 5.74) is 3.08. The van der Waals surface area contributed by atoms with Crippen molar-refractivity contribution in [3.8, 4) is 0 Å². The summed E-state index contributed by atoms with van der Waals surface area (Å²) in [4.78, 5) is 49.3. The smallest absolute Gasteiger partial charge is 0.279 e. The Morgan fingerprint density at radius 3 is 2.13 bits per heavy atom. The van der Waals surface area contributed by atoms with Crippen LogP contribution in [0.25, 0.3) is 0 Å². The number of nitrogens with one attached hydrogen (secondary N) is 2. The maximum absolute atomic E-state index is 14.0. The Kier molecular flexibility index (Phi) is 8.84. The molecule has 1 saturated carbocycles. The van der Waals surface area contributed by atoms with Crippen LogP contribution in [0.2, 0.25) is 0 Å². The number of hydrogen-bond acceptors (Lipinski definition) is 5. The van der Waals surface area contributed by atoms with Crippen LogP contribution in [0.15, 0.2) is 67.1 Å². The van der Waals surface area contributed by atoms with Gasteiger partial charge in [-0.15, -0.1) is 0 Å². The number of rotatable bonds is 8. The summed E-state index contributed by atoms with van der Waals surface area (Å²) in [6.45, 7) is 5.66. The molecule has 198 valence electrons. The number of carbonyl (C=O) groups is 3. The predicted octanol–water partition coefficient (Wildman–Crippen LogP) is 5.40. The molecule has 0 aliphatic heterocycles. The number of amides is 3. The van der Waals surface area contributed by atoms with Crippen LogP contribution in [-0.4, -0.2) is 33.7 Å². The van der Waals surface area contributed by atoms with Crippen LogP contribution >= 0.6 is 0 Å². The summed E-state index contributed by atoms with van der Waals surface area (Å²) in [5, 5.41) is 5.97. The topological polar surface area (TPSA) is 104 Å². The first kappa shape index (κ1) is 27.0. The highest BCUT2D eigenvalue weighted by Gasteiger charge is 2.35. The lowest BCUT2D eigenvalue weighted by atomic mass is 9.94. The fourth-order valence-corrected chi connectivity index (χ4v) is 4.83. The van der Waals surface area contributed by atoms with Gasteiger partial charge in [-0.2, -0.15) is 0 Å². The number of carbonyl (C=O) groups excluding carboxylic acids is 3. The van der Waals surface area contributed by atoms with Gasteiger partial charge in [-0.1, -0.05) is 57.4 Å². The molecule has 1 atom stereocenters. The minimum atomic E-state index is -0.931. The Morgan fingerprint density at radius 2 is 1.55 bits per heavy atom. The zero-order valence-electron chi connectivity index (χ0n) is 22.2. The van der Waals surface area contributed by atoms with Gasteiger partial charge in [-0.25, -0.2) is 4.98 Å². The molecule has 1 fully saturated rings. The minimum absolute atomic E-state index is 0.0734. The standard InChI is InChI=1S/C30H35N5O3/c1-20(2)22-9-11-23(12-10-22)28(29(37)34-24-7-5-4-6-8-24)35(30(38)27-19-31-17-18-32-27)26-15-13-25(14-16-26)33-21(3)36/h9-20,24,28H,4-8H2,1-3H3,(H,33,36)(H,34,37). The monoisotopic (exact) mass is 513 g/mol. The molecule has 0 bridgehead atoms. The fraction of sp³-hybridized carbons (Fsp3) is 0.367. The van der Waals surface area contributed by atoms with Crippen LogP contribution in [-0.2, 0) is 9.59 Å². The van der Waals surface area contributed by atoms with E-state index in [0.717, 1.165) is 31.2 Å². The molecule has 0 radical (unpaired) electrons. The van der Waals surface area contributed by atoms with E-state index >= 15 is 0 Å². The summed E-state index contributed by atoms with van der Waals surface area (Å²) >= 11 is 0. The average molecular weight is 514 g/mol. The number of benzene rings is 2. The Balaban J connectivity index is 1.79. The summed E-state index contributed by atoms with van der Waals surface area (Å²) in [6.07, 6.45) is 9.53. The summed E-state index contributed by atoms with van der Waals surface area (Å²) in [5.74, 6) is -0.545. The number of aromatic nitrogens is 2. The van der Waals surface area contributed by atoms with Gasteiger partial charge >= 0.3 is 0 Å². The lowest BCUT2D eigenvalue weighted by molar-refractivity contribution is -0.123. The van der Waals surface area contributed by atoms with Crippen LogP contribution in [0.1, 0.15) is 86.5 Å². The van der Waals surface area contributed by atoms with Gasteiger partial charge in [0.2, 0.25) is 11.8 Å². The third-order valence-corrected chi connectivity index (χ3v) is 6.84. The van der Waals surface area contributed by atoms with Crippen molar-refractivity contribution in [3.05, 3.63) is 83.9 Å². The maximum Gasteiger partial charge on any atom is 0.279 e. The molecule has 2 N–H and O–H groups in total. The van der Waals surface area contributed by atoms with Crippen molar-refractivity contribution in [2.75, 3.05) is 10.2 Å². The first-order chi connectivity index (χ1) is 18.3. The molecule has 8 nitrogen and oxygen atoms in total. The second-order valence-electron chi connectivity index (χ2n) is 10.1. The Labute approximate surface area is 223 Å². The van der Waals surface area contributed by atoms with Crippen molar-refractivity contribution in [1.29, 1.82) is 0 Å². The minimum Gasteiger partial charge on any atom is -0.351 e. The zero-order chi connectivity index (χ0) is 27.1. The number of anilines is 2. The molecule has 3 aromatic rings. The van der Waals surface area contributed by atoms with Gasteiger partial charge in [-0.3, -0.25) is 24.3 Å². The van der Waals surface area contributed by atoms with Crippen LogP contribution in [0.4, 0.5) is 11.4 Å². The van der Waals surface area contributed by atoms with Crippen molar-refractivity contribution in [3.63, 3.8) is 0 Å². The molecule has 1 unspecified atom stereocenters. The average Bonchev–Trinajstić information content (AvgIpc) is 2.92. The van der Waals surface area contributed by atoms with E-state index in [1.54, 1.807) is 24.3 Å². The van der Waals surface area contributed by atoms with E-state index in [2.05, 4.69) is 34.4 Å². The van der Waals surface area contributed by atoms with Gasteiger partial charge < -0.3 is 10.6 Å². The van der Waals surface area contributed by atoms with E-state index in [9.17, 15) is 14.4 Å². The van der Waals surface area contributed by atoms with Gasteiger partial charge in [0.25, 0.3) is 5.91 Å². The zero-order valence-corrected chi connectivity index (χ0v) is 22.2. The van der Waals surface area contributed by atoms with Gasteiger partial charge in [-0.05, 0) is 54.2 Å². The first-order valence-electron chi connectivity index (χ1n) is 13.2. The lowest BCUT2D eigenvalue weighted by Gasteiger charge is -2.33. The van der Waals surface area contributed by atoms with E-state index in [-0.39, 0.29) is 23.6 Å². The Bertz CT molecular complexity index is 1240. The highest BCUT2D eigenvalue weighted by molar-refractivity contribution is 6.09. The molecule has 3 amide bonds. The van der Waals surface area contributed by atoms with E-state index in [4.69, 9.17) is 0 Å². The van der Waals surface area contributed by atoms with Crippen molar-refractivity contribution < 1.29 is 14.4 Å². The highest BCUT2D eigenvalue weighted by Crippen LogP contribution is 2.32. The Hall–Kier alpha value is -4.07. The van der Waals surface area contributed by atoms with E-state index < -0.39 is 11.9 Å². The second-order valence-corrected chi connectivity index (χ2v) is 10.1. The van der Waals surface area contributed by atoms with Crippen LogP contribution in [0.3, 0.4) is 0 Å². The first-order valence-corrected chi connectivity index (χ1v) is 13.2. The van der Waals surface area contributed by atoms with Crippen molar-refractivity contribution in [2.45, 2.75) is 70.9 Å². The molecule has 1 aliphatic rings. The number of hydrogen-bond donors (Lipinski definition) is 2. The van der Waals surface area contributed by atoms with Gasteiger partial charge in [0.05, 0.1) is 6.20 Å². The van der Waals surface area contributed by atoms with Crippen molar-refractivity contribution in [1.82, 2.24) is 15.3 Å². The SMILES string of the molecule is CC(=O)Nc1ccc(N(C(=O)c2cnccn2)C(C(=O)NC2CCCCC2)c2ccc(C(C)C)cc2)cc1. The molecule has 38 heavy (non-hydrogen) atoms. The van der Waals surface area contributed by atoms with Crippen molar-refractivity contribution >= 4 is 29.1 Å². The normalized spacial score (nSPS) is 14.5. The Morgan fingerprint density at radius 1 is 0.895 bits per heavy atom. The van der Waals surface area contributed by atoms with Gasteiger partial charge in [0.1, 0.15) is 11.7 Å². The molecule has 0 spiro atoms. The van der Waals surface area contributed by atoms with Crippen molar-refractivity contribution in [2.24, 2.45) is 0 Å². The molecule has 4 rings (SSSR count). The highest BCUT2D eigenvalue weighted by atomic mass is 16.2. The third-order valence-electron chi connectivity index (χ3n) is 6.84. The van der Waals surface area contributed by atoms with Crippen LogP contribution < -0.4 is 15.5 Å². The molecular weight excluding hydrogens is 478 g/mol. The van der Waals surface area contributed by atoms with Gasteiger partial charge in [0, 0.05) is 36.7 Å². The predicted molar refractivity (Wildman–Crippen MR) is 148 cm³/mol. The van der Waals surface area contributed by atoms with Crippen LogP contribution in [0.5, 0.6) is 0 Å². The molecule has 1 aliphatic carbocycles. The molecule has 2 aromatic carbocycles. The lowest BCUT2D eigenvalue weighted by Crippen LogP contribution is -2.47. The second kappa shape index (κ2) is 12.4. The summed E-state index contributed by atoms with van der Waals surface area (Å²) in [6, 6.07) is 13.9. The molecule has 1 aromatic heterocycles. The molecule has 1 heterocycles.